The monoisotopic (exact) mass is 412 g/mol. The van der Waals surface area contributed by atoms with Crippen LogP contribution in [0.25, 0.3) is 0 Å². The molecule has 8 heteroatoms. The van der Waals surface area contributed by atoms with E-state index in [0.717, 1.165) is 37.6 Å². The molecular formula is C22H29FN6O. The van der Waals surface area contributed by atoms with Gasteiger partial charge in [-0.15, -0.1) is 0 Å². The molecule has 7 nitrogen and oxygen atoms in total. The fraction of sp³-hybridized carbons (Fsp3) is 0.500. The molecule has 4 rings (SSSR count). The zero-order chi connectivity index (χ0) is 20.8. The van der Waals surface area contributed by atoms with Crippen LogP contribution in [0, 0.1) is 11.7 Å². The third-order valence-electron chi connectivity index (χ3n) is 5.29. The van der Waals surface area contributed by atoms with Gasteiger partial charge in [0.2, 0.25) is 5.88 Å². The van der Waals surface area contributed by atoms with Gasteiger partial charge in [-0.1, -0.05) is 6.07 Å². The van der Waals surface area contributed by atoms with Crippen molar-refractivity contribution in [2.75, 3.05) is 31.1 Å². The Morgan fingerprint density at radius 3 is 2.90 bits per heavy atom. The number of guanidine groups is 1. The zero-order valence-electron chi connectivity index (χ0n) is 17.4. The van der Waals surface area contributed by atoms with E-state index in [4.69, 9.17) is 4.74 Å². The Labute approximate surface area is 176 Å². The van der Waals surface area contributed by atoms with Crippen molar-refractivity contribution in [3.05, 3.63) is 48.0 Å². The molecule has 30 heavy (non-hydrogen) atoms. The molecule has 1 aliphatic heterocycles. The van der Waals surface area contributed by atoms with Crippen LogP contribution in [0.1, 0.15) is 31.7 Å². The molecule has 1 saturated heterocycles. The zero-order valence-corrected chi connectivity index (χ0v) is 17.4. The molecule has 1 aliphatic carbocycles. The van der Waals surface area contributed by atoms with E-state index in [1.165, 1.54) is 18.9 Å². The second-order valence-electron chi connectivity index (χ2n) is 7.84. The van der Waals surface area contributed by atoms with E-state index in [-0.39, 0.29) is 11.9 Å². The number of ether oxygens (including phenoxy) is 1. The fourth-order valence-corrected chi connectivity index (χ4v) is 3.44. The van der Waals surface area contributed by atoms with E-state index in [1.807, 2.05) is 30.2 Å². The van der Waals surface area contributed by atoms with Crippen LogP contribution in [0.15, 0.2) is 41.7 Å². The van der Waals surface area contributed by atoms with Gasteiger partial charge in [0, 0.05) is 44.1 Å². The summed E-state index contributed by atoms with van der Waals surface area (Å²) in [5, 5.41) is 6.74. The molecular weight excluding hydrogens is 383 g/mol. The number of nitrogens with zero attached hydrogens (tertiary/aromatic N) is 4. The Kier molecular flexibility index (Phi) is 6.61. The van der Waals surface area contributed by atoms with Crippen molar-refractivity contribution in [3.8, 4) is 5.88 Å². The average Bonchev–Trinajstić information content (AvgIpc) is 3.49. The average molecular weight is 413 g/mol. The van der Waals surface area contributed by atoms with Gasteiger partial charge in [-0.3, -0.25) is 0 Å². The largest absolute Gasteiger partial charge is 0.477 e. The van der Waals surface area contributed by atoms with Gasteiger partial charge in [-0.25, -0.2) is 19.4 Å². The summed E-state index contributed by atoms with van der Waals surface area (Å²) in [7, 11) is 0. The summed E-state index contributed by atoms with van der Waals surface area (Å²) in [5.41, 5.74) is 1.02. The van der Waals surface area contributed by atoms with E-state index in [2.05, 4.69) is 25.6 Å². The summed E-state index contributed by atoms with van der Waals surface area (Å²) in [4.78, 5) is 15.2. The Morgan fingerprint density at radius 1 is 1.27 bits per heavy atom. The van der Waals surface area contributed by atoms with Gasteiger partial charge >= 0.3 is 0 Å². The molecule has 2 N–H and O–H groups in total. The van der Waals surface area contributed by atoms with Crippen LogP contribution in [0.5, 0.6) is 5.88 Å². The van der Waals surface area contributed by atoms with Crippen molar-refractivity contribution in [1.82, 2.24) is 20.6 Å². The van der Waals surface area contributed by atoms with Crippen molar-refractivity contribution in [1.29, 1.82) is 0 Å². The standard InChI is InChI=1S/C22H29FN6O/c1-2-24-22(27-13-17-7-8-20(26-12-17)30-15-16-5-6-16)28-18-9-11-29(14-18)21-19(23)4-3-10-25-21/h3-4,7-8,10,12,16,18H,2,5-6,9,11,13-15H2,1H3,(H2,24,27,28). The highest BCUT2D eigenvalue weighted by Crippen LogP contribution is 2.29. The number of rotatable bonds is 8. The van der Waals surface area contributed by atoms with E-state index >= 15 is 0 Å². The highest BCUT2D eigenvalue weighted by molar-refractivity contribution is 5.80. The summed E-state index contributed by atoms with van der Waals surface area (Å²) < 4.78 is 19.7. The second kappa shape index (κ2) is 9.73. The van der Waals surface area contributed by atoms with Gasteiger partial charge in [-0.05, 0) is 49.8 Å². The maximum atomic E-state index is 14.0. The third-order valence-corrected chi connectivity index (χ3v) is 5.29. The molecule has 1 saturated carbocycles. The molecule has 1 atom stereocenters. The van der Waals surface area contributed by atoms with E-state index < -0.39 is 0 Å². The van der Waals surface area contributed by atoms with Gasteiger partial charge < -0.3 is 20.3 Å². The van der Waals surface area contributed by atoms with Crippen molar-refractivity contribution < 1.29 is 9.13 Å². The van der Waals surface area contributed by atoms with Gasteiger partial charge in [0.15, 0.2) is 17.6 Å². The molecule has 0 radical (unpaired) electrons. The molecule has 0 amide bonds. The minimum absolute atomic E-state index is 0.181. The number of anilines is 1. The van der Waals surface area contributed by atoms with Crippen LogP contribution >= 0.6 is 0 Å². The number of nitrogens with one attached hydrogen (secondary N) is 2. The van der Waals surface area contributed by atoms with Gasteiger partial charge in [0.05, 0.1) is 13.2 Å². The fourth-order valence-electron chi connectivity index (χ4n) is 3.44. The molecule has 2 aliphatic rings. The lowest BCUT2D eigenvalue weighted by atomic mass is 10.2. The number of halogens is 1. The number of hydrogen-bond donors (Lipinski definition) is 2. The topological polar surface area (TPSA) is 74.7 Å². The van der Waals surface area contributed by atoms with E-state index in [0.29, 0.717) is 30.7 Å². The maximum Gasteiger partial charge on any atom is 0.213 e. The smallest absolute Gasteiger partial charge is 0.213 e. The summed E-state index contributed by atoms with van der Waals surface area (Å²) >= 11 is 0. The highest BCUT2D eigenvalue weighted by atomic mass is 19.1. The first-order valence-corrected chi connectivity index (χ1v) is 10.7. The molecule has 0 bridgehead atoms. The quantitative estimate of drug-likeness (QED) is 0.513. The molecule has 160 valence electrons. The number of hydrogen-bond acceptors (Lipinski definition) is 5. The van der Waals surface area contributed by atoms with Crippen molar-refractivity contribution >= 4 is 11.8 Å². The first-order chi connectivity index (χ1) is 14.7. The highest BCUT2D eigenvalue weighted by Gasteiger charge is 2.26. The number of aromatic nitrogens is 2. The van der Waals surface area contributed by atoms with Crippen LogP contribution < -0.4 is 20.3 Å². The predicted molar refractivity (Wildman–Crippen MR) is 115 cm³/mol. The van der Waals surface area contributed by atoms with Crippen LogP contribution in [-0.4, -0.2) is 48.2 Å². The van der Waals surface area contributed by atoms with Gasteiger partial charge in [0.1, 0.15) is 0 Å². The van der Waals surface area contributed by atoms with Gasteiger partial charge in [-0.2, -0.15) is 0 Å². The van der Waals surface area contributed by atoms with E-state index in [1.54, 1.807) is 12.3 Å². The van der Waals surface area contributed by atoms with Crippen LogP contribution in [0.3, 0.4) is 0 Å². The molecule has 3 heterocycles. The first-order valence-electron chi connectivity index (χ1n) is 10.7. The molecule has 2 fully saturated rings. The first kappa shape index (κ1) is 20.4. The Hall–Kier alpha value is -2.90. The molecule has 0 spiro atoms. The minimum atomic E-state index is -0.282. The lowest BCUT2D eigenvalue weighted by Gasteiger charge is -2.20. The maximum absolute atomic E-state index is 14.0. The summed E-state index contributed by atoms with van der Waals surface area (Å²) in [6, 6.07) is 7.15. The predicted octanol–water partition coefficient (Wildman–Crippen LogP) is 2.74. The molecule has 2 aromatic heterocycles. The second-order valence-corrected chi connectivity index (χ2v) is 7.84. The van der Waals surface area contributed by atoms with Crippen LogP contribution in [-0.2, 0) is 6.54 Å². The number of pyridine rings is 2. The molecule has 0 aromatic carbocycles. The van der Waals surface area contributed by atoms with Crippen LogP contribution in [0.2, 0.25) is 0 Å². The molecule has 1 unspecified atom stereocenters. The van der Waals surface area contributed by atoms with Gasteiger partial charge in [0.25, 0.3) is 0 Å². The summed E-state index contributed by atoms with van der Waals surface area (Å²) in [6.07, 6.45) is 6.87. The van der Waals surface area contributed by atoms with Crippen molar-refractivity contribution in [3.63, 3.8) is 0 Å². The Balaban J connectivity index is 1.31. The van der Waals surface area contributed by atoms with Crippen LogP contribution in [0.4, 0.5) is 10.2 Å². The van der Waals surface area contributed by atoms with Crippen molar-refractivity contribution in [2.24, 2.45) is 10.9 Å². The summed E-state index contributed by atoms with van der Waals surface area (Å²) in [5.74, 6) is 2.27. The molecule has 2 aromatic rings. The summed E-state index contributed by atoms with van der Waals surface area (Å²) in [6.45, 7) is 5.54. The SMILES string of the molecule is CCNC(=NCc1ccc(OCC2CC2)nc1)NC1CCN(c2ncccc2F)C1. The number of aliphatic imine (C=N–C) groups is 1. The van der Waals surface area contributed by atoms with Crippen molar-refractivity contribution in [2.45, 2.75) is 38.8 Å². The van der Waals surface area contributed by atoms with E-state index in [9.17, 15) is 4.39 Å². The minimum Gasteiger partial charge on any atom is -0.477 e. The Morgan fingerprint density at radius 2 is 2.17 bits per heavy atom. The third kappa shape index (κ3) is 5.58. The lowest BCUT2D eigenvalue weighted by Crippen LogP contribution is -2.44. The lowest BCUT2D eigenvalue weighted by molar-refractivity contribution is 0.288. The Bertz CT molecular complexity index is 855. The normalized spacial score (nSPS) is 19.1.